The van der Waals surface area contributed by atoms with E-state index in [1.807, 2.05) is 64.1 Å². The molecule has 1 heterocycles. The number of halogens is 2. The lowest BCUT2D eigenvalue weighted by Crippen LogP contribution is -2.52. The molecule has 3 aromatic rings. The van der Waals surface area contributed by atoms with Crippen LogP contribution in [0.5, 0.6) is 17.2 Å². The number of likely N-dealkylation sites (tertiary alicyclic amines) is 1. The van der Waals surface area contributed by atoms with Crippen molar-refractivity contribution in [3.8, 4) is 17.2 Å². The second-order valence-corrected chi connectivity index (χ2v) is 18.3. The maximum Gasteiger partial charge on any atom is 0.410 e. The first-order valence-corrected chi connectivity index (χ1v) is 21.4. The molecule has 2 unspecified atom stereocenters. The van der Waals surface area contributed by atoms with Crippen LogP contribution < -0.4 is 19.5 Å². The zero-order valence-electron chi connectivity index (χ0n) is 34.9. The van der Waals surface area contributed by atoms with Gasteiger partial charge in [0.05, 0.1) is 28.6 Å². The van der Waals surface area contributed by atoms with Crippen LogP contribution in [0.3, 0.4) is 0 Å². The standard InChI is InChI=1S/C46H58Cl2N2O9/c1-30-21-38(47)41(39(48)22-30)57-20-19-56-34-10-8-33(9-11-34)36-12-17-50(43(54)59-44(2,3)4)28-37(36)42(53)46(15-16-46)49-27-32-23-31(7-6-18-55-5)24-35(25-32)58-29-45(13-14-45)26-40(51)52/h8-11,21-25,36-37,49H,6-7,12-20,26-29H2,1-5H3,(H,51,52). The minimum absolute atomic E-state index is 0.0960. The molecule has 0 spiro atoms. The molecule has 13 heteroatoms. The van der Waals surface area contributed by atoms with Crippen molar-refractivity contribution in [1.29, 1.82) is 0 Å². The molecule has 1 amide bonds. The summed E-state index contributed by atoms with van der Waals surface area (Å²) < 4.78 is 29.1. The first kappa shape index (κ1) is 44.5. The summed E-state index contributed by atoms with van der Waals surface area (Å²) in [5, 5.41) is 13.9. The van der Waals surface area contributed by atoms with Gasteiger partial charge in [0.15, 0.2) is 11.5 Å². The molecule has 2 saturated carbocycles. The van der Waals surface area contributed by atoms with Gasteiger partial charge in [0.25, 0.3) is 0 Å². The summed E-state index contributed by atoms with van der Waals surface area (Å²) in [7, 11) is 1.69. The number of Topliss-reactive ketones (excluding diaryl/α,β-unsaturated/α-hetero) is 1. The van der Waals surface area contributed by atoms with Gasteiger partial charge in [-0.05, 0) is 137 Å². The Bertz CT molecular complexity index is 1930. The van der Waals surface area contributed by atoms with Gasteiger partial charge in [-0.15, -0.1) is 0 Å². The number of aliphatic carboxylic acids is 1. The summed E-state index contributed by atoms with van der Waals surface area (Å²) >= 11 is 12.7. The molecular weight excluding hydrogens is 795 g/mol. The maximum absolute atomic E-state index is 14.8. The Morgan fingerprint density at radius 1 is 0.881 bits per heavy atom. The van der Waals surface area contributed by atoms with E-state index in [-0.39, 0.29) is 43.3 Å². The van der Waals surface area contributed by atoms with Gasteiger partial charge in [-0.25, -0.2) is 4.79 Å². The first-order chi connectivity index (χ1) is 28.1. The van der Waals surface area contributed by atoms with Crippen LogP contribution >= 0.6 is 23.2 Å². The molecule has 3 aromatic carbocycles. The number of benzene rings is 3. The average Bonchev–Trinajstić information content (AvgIpc) is 4.12. The average molecular weight is 854 g/mol. The molecule has 320 valence electrons. The third-order valence-corrected chi connectivity index (χ3v) is 11.9. The van der Waals surface area contributed by atoms with Crippen molar-refractivity contribution in [2.75, 3.05) is 46.6 Å². The van der Waals surface area contributed by atoms with Gasteiger partial charge in [0.2, 0.25) is 0 Å². The number of nitrogens with zero attached hydrogens (tertiary/aromatic N) is 1. The van der Waals surface area contributed by atoms with E-state index < -0.39 is 29.1 Å². The molecule has 11 nitrogen and oxygen atoms in total. The summed E-state index contributed by atoms with van der Waals surface area (Å²) in [5.74, 6) is 0.499. The number of piperidine rings is 1. The molecule has 6 rings (SSSR count). The molecule has 1 saturated heterocycles. The number of carbonyl (C=O) groups excluding carboxylic acids is 2. The SMILES string of the molecule is COCCCc1cc(CNC2(C(=O)C3CN(C(=O)OC(C)(C)C)CCC3c3ccc(OCCOc4c(Cl)cc(C)cc4Cl)cc3)CC2)cc(OCC2(CC(=O)O)CC2)c1. The highest BCUT2D eigenvalue weighted by Gasteiger charge is 2.54. The number of carbonyl (C=O) groups is 3. The number of amides is 1. The van der Waals surface area contributed by atoms with E-state index in [9.17, 15) is 19.5 Å². The lowest BCUT2D eigenvalue weighted by Gasteiger charge is -2.40. The molecule has 2 aliphatic carbocycles. The van der Waals surface area contributed by atoms with Crippen molar-refractivity contribution in [3.63, 3.8) is 0 Å². The van der Waals surface area contributed by atoms with Gasteiger partial charge in [0, 0.05) is 44.7 Å². The lowest BCUT2D eigenvalue weighted by molar-refractivity contribution is -0.138. The van der Waals surface area contributed by atoms with Gasteiger partial charge in [-0.1, -0.05) is 41.4 Å². The van der Waals surface area contributed by atoms with E-state index in [4.69, 9.17) is 46.9 Å². The molecule has 3 fully saturated rings. The molecule has 1 aliphatic heterocycles. The van der Waals surface area contributed by atoms with Crippen LogP contribution in [-0.2, 0) is 32.0 Å². The molecule has 0 aromatic heterocycles. The fourth-order valence-corrected chi connectivity index (χ4v) is 8.60. The smallest absolute Gasteiger partial charge is 0.410 e. The largest absolute Gasteiger partial charge is 0.493 e. The van der Waals surface area contributed by atoms with Gasteiger partial charge in [-0.2, -0.15) is 0 Å². The highest BCUT2D eigenvalue weighted by atomic mass is 35.5. The van der Waals surface area contributed by atoms with Crippen molar-refractivity contribution in [2.45, 2.75) is 103 Å². The van der Waals surface area contributed by atoms with Gasteiger partial charge < -0.3 is 39.0 Å². The zero-order chi connectivity index (χ0) is 42.4. The zero-order valence-corrected chi connectivity index (χ0v) is 36.4. The van der Waals surface area contributed by atoms with Crippen LogP contribution in [0, 0.1) is 18.3 Å². The molecule has 3 aliphatic rings. The summed E-state index contributed by atoms with van der Waals surface area (Å²) in [6.07, 6.45) is 5.00. The summed E-state index contributed by atoms with van der Waals surface area (Å²) in [5.41, 5.74) is 2.34. The van der Waals surface area contributed by atoms with E-state index in [2.05, 4.69) is 11.4 Å². The van der Waals surface area contributed by atoms with E-state index in [1.54, 1.807) is 24.1 Å². The molecule has 2 N–H and O–H groups in total. The van der Waals surface area contributed by atoms with Gasteiger partial charge >= 0.3 is 12.1 Å². The number of nitrogens with one attached hydrogen (secondary N) is 1. The van der Waals surface area contributed by atoms with Gasteiger partial charge in [0.1, 0.15) is 30.3 Å². The van der Waals surface area contributed by atoms with Crippen LogP contribution in [-0.4, -0.2) is 85.6 Å². The second kappa shape index (κ2) is 19.1. The predicted molar refractivity (Wildman–Crippen MR) is 227 cm³/mol. The Balaban J connectivity index is 1.14. The van der Waals surface area contributed by atoms with Crippen molar-refractivity contribution >= 4 is 41.0 Å². The van der Waals surface area contributed by atoms with Crippen molar-refractivity contribution in [1.82, 2.24) is 10.2 Å². The normalized spacial score (nSPS) is 19.1. The number of rotatable bonds is 20. The summed E-state index contributed by atoms with van der Waals surface area (Å²) in [6.45, 7) is 10.1. The van der Waals surface area contributed by atoms with Crippen LogP contribution in [0.1, 0.15) is 93.9 Å². The molecule has 2 atom stereocenters. The van der Waals surface area contributed by atoms with E-state index in [0.717, 1.165) is 47.9 Å². The number of hydrogen-bond donors (Lipinski definition) is 2. The Kier molecular flexibility index (Phi) is 14.4. The molecule has 0 bridgehead atoms. The number of hydrogen-bond acceptors (Lipinski definition) is 9. The number of carboxylic acid groups (broad SMARTS) is 1. The molecule has 59 heavy (non-hydrogen) atoms. The molecular formula is C46H58Cl2N2O9. The Morgan fingerprint density at radius 3 is 2.19 bits per heavy atom. The number of methoxy groups -OCH3 is 1. The van der Waals surface area contributed by atoms with Crippen LogP contribution in [0.2, 0.25) is 10.0 Å². The Labute approximate surface area is 358 Å². The van der Waals surface area contributed by atoms with Crippen LogP contribution in [0.25, 0.3) is 0 Å². The molecule has 0 radical (unpaired) electrons. The van der Waals surface area contributed by atoms with Crippen molar-refractivity contribution < 1.29 is 43.2 Å². The minimum atomic E-state index is -0.808. The van der Waals surface area contributed by atoms with E-state index in [0.29, 0.717) is 72.9 Å². The summed E-state index contributed by atoms with van der Waals surface area (Å²) in [6, 6.07) is 17.6. The Morgan fingerprint density at radius 2 is 1.56 bits per heavy atom. The van der Waals surface area contributed by atoms with E-state index >= 15 is 0 Å². The predicted octanol–water partition coefficient (Wildman–Crippen LogP) is 9.20. The van der Waals surface area contributed by atoms with E-state index in [1.165, 1.54) is 0 Å². The first-order valence-electron chi connectivity index (χ1n) is 20.6. The second-order valence-electron chi connectivity index (χ2n) is 17.5. The number of ketones is 1. The quantitative estimate of drug-likeness (QED) is 0.106. The minimum Gasteiger partial charge on any atom is -0.493 e. The summed E-state index contributed by atoms with van der Waals surface area (Å²) in [4.78, 5) is 41.3. The fourth-order valence-electron chi connectivity index (χ4n) is 7.89. The third kappa shape index (κ3) is 12.3. The highest BCUT2D eigenvalue weighted by molar-refractivity contribution is 6.37. The number of ether oxygens (including phenoxy) is 5. The highest BCUT2D eigenvalue weighted by Crippen LogP contribution is 2.49. The van der Waals surface area contributed by atoms with Crippen LogP contribution in [0.4, 0.5) is 4.79 Å². The van der Waals surface area contributed by atoms with Gasteiger partial charge in [-0.3, -0.25) is 9.59 Å². The fraction of sp³-hybridized carbons (Fsp3) is 0.543. The third-order valence-electron chi connectivity index (χ3n) is 11.4. The topological polar surface area (TPSA) is 133 Å². The maximum atomic E-state index is 14.8. The lowest BCUT2D eigenvalue weighted by atomic mass is 9.76. The van der Waals surface area contributed by atoms with Crippen molar-refractivity contribution in [3.05, 3.63) is 86.9 Å². The number of carboxylic acids is 1. The van der Waals surface area contributed by atoms with Crippen molar-refractivity contribution in [2.24, 2.45) is 11.3 Å². The number of aryl methyl sites for hydroxylation is 2. The van der Waals surface area contributed by atoms with Crippen LogP contribution in [0.15, 0.2) is 54.6 Å². The monoisotopic (exact) mass is 852 g/mol. The Hall–Kier alpha value is -4.03.